The SMILES string of the molecule is Cc1oncc1C(=O)NC(C)c1cccc(C#CCN)c1. The lowest BCUT2D eigenvalue weighted by atomic mass is 10.0. The fourth-order valence-corrected chi connectivity index (χ4v) is 1.91. The first-order valence-corrected chi connectivity index (χ1v) is 6.63. The van der Waals surface area contributed by atoms with Crippen molar-refractivity contribution in [3.8, 4) is 11.8 Å². The maximum Gasteiger partial charge on any atom is 0.256 e. The van der Waals surface area contributed by atoms with Crippen molar-refractivity contribution in [1.29, 1.82) is 0 Å². The molecule has 21 heavy (non-hydrogen) atoms. The summed E-state index contributed by atoms with van der Waals surface area (Å²) in [5.74, 6) is 6.08. The Morgan fingerprint density at radius 2 is 2.33 bits per heavy atom. The highest BCUT2D eigenvalue weighted by atomic mass is 16.5. The number of hydrogen-bond acceptors (Lipinski definition) is 4. The van der Waals surface area contributed by atoms with Gasteiger partial charge in [-0.25, -0.2) is 0 Å². The van der Waals surface area contributed by atoms with E-state index in [1.54, 1.807) is 6.92 Å². The molecule has 0 aliphatic heterocycles. The van der Waals surface area contributed by atoms with Crippen LogP contribution < -0.4 is 11.1 Å². The fraction of sp³-hybridized carbons (Fsp3) is 0.250. The Morgan fingerprint density at radius 3 is 3.00 bits per heavy atom. The van der Waals surface area contributed by atoms with Crippen LogP contribution in [0.5, 0.6) is 0 Å². The van der Waals surface area contributed by atoms with Crippen LogP contribution in [0.15, 0.2) is 35.0 Å². The van der Waals surface area contributed by atoms with Gasteiger partial charge in [0.2, 0.25) is 0 Å². The molecular weight excluding hydrogens is 266 g/mol. The van der Waals surface area contributed by atoms with Crippen LogP contribution in [-0.4, -0.2) is 17.6 Å². The third kappa shape index (κ3) is 3.71. The van der Waals surface area contributed by atoms with Gasteiger partial charge in [-0.05, 0) is 31.5 Å². The van der Waals surface area contributed by atoms with E-state index < -0.39 is 0 Å². The molecular formula is C16H17N3O2. The van der Waals surface area contributed by atoms with Gasteiger partial charge in [0, 0.05) is 5.56 Å². The van der Waals surface area contributed by atoms with Crippen LogP contribution in [0, 0.1) is 18.8 Å². The number of aryl methyl sites for hydroxylation is 1. The zero-order chi connectivity index (χ0) is 15.2. The average molecular weight is 283 g/mol. The van der Waals surface area contributed by atoms with E-state index in [0.717, 1.165) is 11.1 Å². The minimum atomic E-state index is -0.209. The van der Waals surface area contributed by atoms with Gasteiger partial charge in [0.15, 0.2) is 0 Å². The maximum atomic E-state index is 12.1. The summed E-state index contributed by atoms with van der Waals surface area (Å²) in [6, 6.07) is 7.55. The Labute approximate surface area is 123 Å². The second kappa shape index (κ2) is 6.73. The highest BCUT2D eigenvalue weighted by molar-refractivity contribution is 5.94. The van der Waals surface area contributed by atoms with E-state index in [1.165, 1.54) is 6.20 Å². The maximum absolute atomic E-state index is 12.1. The molecule has 5 heteroatoms. The molecule has 0 aliphatic rings. The summed E-state index contributed by atoms with van der Waals surface area (Å²) in [6.07, 6.45) is 1.42. The highest BCUT2D eigenvalue weighted by Gasteiger charge is 2.16. The van der Waals surface area contributed by atoms with Crippen molar-refractivity contribution in [2.75, 3.05) is 6.54 Å². The van der Waals surface area contributed by atoms with Gasteiger partial charge in [-0.3, -0.25) is 4.79 Å². The number of nitrogens with one attached hydrogen (secondary N) is 1. The van der Waals surface area contributed by atoms with Crippen molar-refractivity contribution >= 4 is 5.91 Å². The molecule has 1 unspecified atom stereocenters. The third-order valence-electron chi connectivity index (χ3n) is 3.06. The van der Waals surface area contributed by atoms with Crippen molar-refractivity contribution in [2.45, 2.75) is 19.9 Å². The van der Waals surface area contributed by atoms with Gasteiger partial charge in [0.1, 0.15) is 11.3 Å². The van der Waals surface area contributed by atoms with E-state index in [1.807, 2.05) is 31.2 Å². The third-order valence-corrected chi connectivity index (χ3v) is 3.06. The minimum absolute atomic E-state index is 0.147. The Kier molecular flexibility index (Phi) is 4.75. The number of carbonyl (C=O) groups is 1. The number of benzene rings is 1. The molecule has 5 nitrogen and oxygen atoms in total. The molecule has 1 heterocycles. The molecule has 1 atom stereocenters. The van der Waals surface area contributed by atoms with Crippen molar-refractivity contribution in [3.63, 3.8) is 0 Å². The van der Waals surface area contributed by atoms with Crippen LogP contribution in [0.25, 0.3) is 0 Å². The number of nitrogens with zero attached hydrogens (tertiary/aromatic N) is 1. The number of rotatable bonds is 3. The largest absolute Gasteiger partial charge is 0.361 e. The van der Waals surface area contributed by atoms with Gasteiger partial charge >= 0.3 is 0 Å². The Hall–Kier alpha value is -2.58. The monoisotopic (exact) mass is 283 g/mol. The van der Waals surface area contributed by atoms with Crippen LogP contribution in [-0.2, 0) is 0 Å². The minimum Gasteiger partial charge on any atom is -0.361 e. The van der Waals surface area contributed by atoms with Crippen LogP contribution in [0.4, 0.5) is 0 Å². The Bertz CT molecular complexity index is 695. The van der Waals surface area contributed by atoms with Gasteiger partial charge < -0.3 is 15.6 Å². The summed E-state index contributed by atoms with van der Waals surface area (Å²) in [5.41, 5.74) is 7.66. The molecule has 1 amide bonds. The summed E-state index contributed by atoms with van der Waals surface area (Å²) in [4.78, 5) is 12.1. The first kappa shape index (κ1) is 14.8. The highest BCUT2D eigenvalue weighted by Crippen LogP contribution is 2.15. The summed E-state index contributed by atoms with van der Waals surface area (Å²) >= 11 is 0. The fourth-order valence-electron chi connectivity index (χ4n) is 1.91. The smallest absolute Gasteiger partial charge is 0.256 e. The summed E-state index contributed by atoms with van der Waals surface area (Å²) in [5, 5.41) is 6.52. The van der Waals surface area contributed by atoms with Crippen LogP contribution >= 0.6 is 0 Å². The number of nitrogens with two attached hydrogens (primary N) is 1. The Morgan fingerprint density at radius 1 is 1.52 bits per heavy atom. The molecule has 1 aromatic carbocycles. The van der Waals surface area contributed by atoms with Gasteiger partial charge in [-0.15, -0.1) is 0 Å². The quantitative estimate of drug-likeness (QED) is 0.841. The molecule has 0 radical (unpaired) electrons. The molecule has 1 aromatic heterocycles. The van der Waals surface area contributed by atoms with Crippen LogP contribution in [0.3, 0.4) is 0 Å². The van der Waals surface area contributed by atoms with E-state index in [2.05, 4.69) is 22.3 Å². The summed E-state index contributed by atoms with van der Waals surface area (Å²) < 4.78 is 4.90. The molecule has 2 rings (SSSR count). The standard InChI is InChI=1S/C16H17N3O2/c1-11(19-16(20)15-10-18-21-12(15)2)14-7-3-5-13(9-14)6-4-8-17/h3,5,7,9-11H,8,17H2,1-2H3,(H,19,20). The molecule has 0 aliphatic carbocycles. The van der Waals surface area contributed by atoms with Crippen molar-refractivity contribution in [3.05, 3.63) is 52.9 Å². The molecule has 0 saturated carbocycles. The predicted molar refractivity (Wildman–Crippen MR) is 79.5 cm³/mol. The lowest BCUT2D eigenvalue weighted by Gasteiger charge is -2.14. The molecule has 0 bridgehead atoms. The lowest BCUT2D eigenvalue weighted by Crippen LogP contribution is -2.26. The van der Waals surface area contributed by atoms with Crippen molar-refractivity contribution < 1.29 is 9.32 Å². The van der Waals surface area contributed by atoms with Crippen molar-refractivity contribution in [2.24, 2.45) is 5.73 Å². The molecule has 0 fully saturated rings. The summed E-state index contributed by atoms with van der Waals surface area (Å²) in [6.45, 7) is 3.94. The zero-order valence-corrected chi connectivity index (χ0v) is 12.0. The molecule has 3 N–H and O–H groups in total. The second-order valence-electron chi connectivity index (χ2n) is 4.62. The van der Waals surface area contributed by atoms with E-state index in [-0.39, 0.29) is 11.9 Å². The van der Waals surface area contributed by atoms with Gasteiger partial charge in [-0.2, -0.15) is 0 Å². The normalized spacial score (nSPS) is 11.4. The second-order valence-corrected chi connectivity index (χ2v) is 4.62. The molecule has 2 aromatic rings. The first-order chi connectivity index (χ1) is 10.1. The van der Waals surface area contributed by atoms with Crippen LogP contribution in [0.1, 0.15) is 40.2 Å². The Balaban J connectivity index is 2.11. The number of hydrogen-bond donors (Lipinski definition) is 2. The molecule has 108 valence electrons. The molecule has 0 spiro atoms. The van der Waals surface area contributed by atoms with E-state index in [0.29, 0.717) is 17.9 Å². The predicted octanol–water partition coefficient (Wildman–Crippen LogP) is 1.78. The average Bonchev–Trinajstić information content (AvgIpc) is 2.91. The van der Waals surface area contributed by atoms with E-state index >= 15 is 0 Å². The number of amides is 1. The number of aromatic nitrogens is 1. The lowest BCUT2D eigenvalue weighted by molar-refractivity contribution is 0.0938. The topological polar surface area (TPSA) is 81.2 Å². The van der Waals surface area contributed by atoms with Gasteiger partial charge in [0.25, 0.3) is 5.91 Å². The van der Waals surface area contributed by atoms with E-state index in [4.69, 9.17) is 10.3 Å². The van der Waals surface area contributed by atoms with Gasteiger partial charge in [0.05, 0.1) is 18.8 Å². The van der Waals surface area contributed by atoms with E-state index in [9.17, 15) is 4.79 Å². The van der Waals surface area contributed by atoms with Crippen molar-refractivity contribution in [1.82, 2.24) is 10.5 Å². The first-order valence-electron chi connectivity index (χ1n) is 6.63. The van der Waals surface area contributed by atoms with Gasteiger partial charge in [-0.1, -0.05) is 29.1 Å². The molecule has 0 saturated heterocycles. The van der Waals surface area contributed by atoms with Crippen LogP contribution in [0.2, 0.25) is 0 Å². The number of carbonyl (C=O) groups excluding carboxylic acids is 1. The zero-order valence-electron chi connectivity index (χ0n) is 12.0. The summed E-state index contributed by atoms with van der Waals surface area (Å²) in [7, 11) is 0.